The van der Waals surface area contributed by atoms with Crippen LogP contribution in [0.1, 0.15) is 12.8 Å². The number of thiocarbonyl (C=S) groups is 1. The van der Waals surface area contributed by atoms with Crippen LogP contribution < -0.4 is 4.72 Å². The molecule has 11 heavy (non-hydrogen) atoms. The van der Waals surface area contributed by atoms with E-state index in [2.05, 4.69) is 27.1 Å². The Bertz CT molecular complexity index is 209. The first kappa shape index (κ1) is 8.96. The van der Waals surface area contributed by atoms with Gasteiger partial charge in [0.1, 0.15) is 0 Å². The second-order valence-electron chi connectivity index (χ2n) is 2.41. The van der Waals surface area contributed by atoms with Crippen LogP contribution in [0.3, 0.4) is 0 Å². The van der Waals surface area contributed by atoms with Crippen molar-refractivity contribution >= 4 is 28.6 Å². The van der Waals surface area contributed by atoms with Gasteiger partial charge in [0.05, 0.1) is 11.2 Å². The first-order chi connectivity index (χ1) is 5.22. The molecule has 1 rings (SSSR count). The number of nitrogens with zero attached hydrogens (tertiary/aromatic N) is 1. The van der Waals surface area contributed by atoms with Crippen LogP contribution in [-0.4, -0.2) is 26.0 Å². The van der Waals surface area contributed by atoms with Gasteiger partial charge in [-0.15, -0.1) is 0 Å². The average molecular weight is 192 g/mol. The van der Waals surface area contributed by atoms with E-state index < -0.39 is 11.3 Å². The fourth-order valence-corrected chi connectivity index (χ4v) is 1.63. The largest absolute Gasteiger partial charge is 0.294 e. The quantitative estimate of drug-likeness (QED) is 0.385. The van der Waals surface area contributed by atoms with Crippen LogP contribution in [-0.2, 0) is 11.3 Å². The third-order valence-corrected chi connectivity index (χ3v) is 2.26. The minimum absolute atomic E-state index is 0.109. The first-order valence-corrected chi connectivity index (χ1v) is 4.68. The molecule has 0 aliphatic heterocycles. The van der Waals surface area contributed by atoms with Crippen molar-refractivity contribution in [2.24, 2.45) is 4.99 Å². The normalized spacial score (nSPS) is 31.7. The summed E-state index contributed by atoms with van der Waals surface area (Å²) in [5, 5.41) is 2.29. The SMILES string of the molecule is O=S(O)NC1CC(N=C=S)C1. The molecule has 1 atom stereocenters. The van der Waals surface area contributed by atoms with E-state index in [1.165, 1.54) is 0 Å². The summed E-state index contributed by atoms with van der Waals surface area (Å²) in [7, 11) is 0. The molecular weight excluding hydrogens is 184 g/mol. The molecule has 6 heteroatoms. The van der Waals surface area contributed by atoms with E-state index in [1.54, 1.807) is 0 Å². The highest BCUT2D eigenvalue weighted by Crippen LogP contribution is 2.22. The molecule has 0 aromatic carbocycles. The van der Waals surface area contributed by atoms with Crippen LogP contribution in [0.15, 0.2) is 4.99 Å². The van der Waals surface area contributed by atoms with Crippen LogP contribution in [0, 0.1) is 0 Å². The smallest absolute Gasteiger partial charge is 0.231 e. The Morgan fingerprint density at radius 1 is 1.73 bits per heavy atom. The molecule has 0 spiro atoms. The summed E-state index contributed by atoms with van der Waals surface area (Å²) in [6.45, 7) is 0. The number of aliphatic imine (C=N–C) groups is 1. The van der Waals surface area contributed by atoms with Crippen molar-refractivity contribution in [3.8, 4) is 0 Å². The van der Waals surface area contributed by atoms with Crippen LogP contribution in [0.2, 0.25) is 0 Å². The maximum absolute atomic E-state index is 10.2. The van der Waals surface area contributed by atoms with Crippen molar-refractivity contribution in [3.63, 3.8) is 0 Å². The van der Waals surface area contributed by atoms with Gasteiger partial charge in [0.15, 0.2) is 0 Å². The minimum Gasteiger partial charge on any atom is -0.294 e. The Balaban J connectivity index is 2.19. The molecule has 0 radical (unpaired) electrons. The van der Waals surface area contributed by atoms with Crippen molar-refractivity contribution in [2.45, 2.75) is 24.9 Å². The molecule has 0 amide bonds. The van der Waals surface area contributed by atoms with Crippen molar-refractivity contribution in [3.05, 3.63) is 0 Å². The van der Waals surface area contributed by atoms with Gasteiger partial charge in [0, 0.05) is 6.04 Å². The molecular formula is C5H8N2O2S2. The average Bonchev–Trinajstić information content (AvgIpc) is 1.82. The van der Waals surface area contributed by atoms with Gasteiger partial charge in [-0.25, -0.2) is 13.9 Å². The molecule has 0 aromatic rings. The van der Waals surface area contributed by atoms with E-state index in [4.69, 9.17) is 4.55 Å². The van der Waals surface area contributed by atoms with Crippen LogP contribution in [0.5, 0.6) is 0 Å². The monoisotopic (exact) mass is 192 g/mol. The third-order valence-electron chi connectivity index (χ3n) is 1.62. The maximum Gasteiger partial charge on any atom is 0.231 e. The molecule has 1 aliphatic carbocycles. The highest BCUT2D eigenvalue weighted by molar-refractivity contribution is 7.78. The van der Waals surface area contributed by atoms with E-state index in [0.717, 1.165) is 12.8 Å². The molecule has 4 nitrogen and oxygen atoms in total. The second kappa shape index (κ2) is 4.04. The van der Waals surface area contributed by atoms with Gasteiger partial charge >= 0.3 is 0 Å². The topological polar surface area (TPSA) is 61.7 Å². The highest BCUT2D eigenvalue weighted by Gasteiger charge is 2.29. The van der Waals surface area contributed by atoms with E-state index in [-0.39, 0.29) is 12.1 Å². The lowest BCUT2D eigenvalue weighted by atomic mass is 9.88. The zero-order valence-electron chi connectivity index (χ0n) is 5.69. The second-order valence-corrected chi connectivity index (χ2v) is 3.33. The van der Waals surface area contributed by atoms with E-state index >= 15 is 0 Å². The van der Waals surface area contributed by atoms with Gasteiger partial charge in [-0.2, -0.15) is 0 Å². The van der Waals surface area contributed by atoms with Crippen molar-refractivity contribution < 1.29 is 8.76 Å². The van der Waals surface area contributed by atoms with Gasteiger partial charge < -0.3 is 0 Å². The lowest BCUT2D eigenvalue weighted by Gasteiger charge is -2.30. The first-order valence-electron chi connectivity index (χ1n) is 3.16. The summed E-state index contributed by atoms with van der Waals surface area (Å²) in [5.41, 5.74) is 0. The Morgan fingerprint density at radius 2 is 2.36 bits per heavy atom. The predicted molar refractivity (Wildman–Crippen MR) is 45.7 cm³/mol. The predicted octanol–water partition coefficient (Wildman–Crippen LogP) is 0.346. The Morgan fingerprint density at radius 3 is 2.82 bits per heavy atom. The number of hydrogen-bond donors (Lipinski definition) is 2. The number of nitrogens with one attached hydrogen (secondary N) is 1. The molecule has 2 N–H and O–H groups in total. The van der Waals surface area contributed by atoms with Gasteiger partial charge in [-0.1, -0.05) is 0 Å². The van der Waals surface area contributed by atoms with E-state index in [0.29, 0.717) is 0 Å². The molecule has 1 unspecified atom stereocenters. The summed E-state index contributed by atoms with van der Waals surface area (Å²) in [6.07, 6.45) is 1.55. The summed E-state index contributed by atoms with van der Waals surface area (Å²) in [5.74, 6) is 0. The fraction of sp³-hybridized carbons (Fsp3) is 0.800. The zero-order valence-corrected chi connectivity index (χ0v) is 7.32. The lowest BCUT2D eigenvalue weighted by Crippen LogP contribution is -2.43. The molecule has 0 bridgehead atoms. The molecule has 0 heterocycles. The van der Waals surface area contributed by atoms with Crippen molar-refractivity contribution in [1.82, 2.24) is 4.72 Å². The number of rotatable bonds is 3. The van der Waals surface area contributed by atoms with E-state index in [9.17, 15) is 4.21 Å². The Kier molecular flexibility index (Phi) is 3.29. The standard InChI is InChI=1S/C5H8N2O2S2/c8-11(9)7-5-1-4(2-5)6-3-10/h4-5,7H,1-2H2,(H,8,9). The van der Waals surface area contributed by atoms with Crippen LogP contribution in [0.4, 0.5) is 0 Å². The Labute approximate surface area is 72.5 Å². The van der Waals surface area contributed by atoms with Crippen molar-refractivity contribution in [1.29, 1.82) is 0 Å². The fourth-order valence-electron chi connectivity index (χ4n) is 1.01. The summed E-state index contributed by atoms with van der Waals surface area (Å²) in [6, 6.07) is 0.312. The minimum atomic E-state index is -1.90. The number of hydrogen-bond acceptors (Lipinski definition) is 3. The summed E-state index contributed by atoms with van der Waals surface area (Å²) in [4.78, 5) is 3.83. The Hall–Kier alpha value is -0.130. The van der Waals surface area contributed by atoms with E-state index in [1.807, 2.05) is 0 Å². The van der Waals surface area contributed by atoms with Gasteiger partial charge in [0.25, 0.3) is 0 Å². The molecule has 1 aliphatic rings. The number of isothiocyanates is 1. The van der Waals surface area contributed by atoms with Crippen molar-refractivity contribution in [2.75, 3.05) is 0 Å². The molecule has 0 aromatic heterocycles. The molecule has 1 saturated carbocycles. The van der Waals surface area contributed by atoms with Gasteiger partial charge in [-0.3, -0.25) is 4.55 Å². The summed E-state index contributed by atoms with van der Waals surface area (Å²) >= 11 is 2.51. The molecule has 0 saturated heterocycles. The summed E-state index contributed by atoms with van der Waals surface area (Å²) < 4.78 is 21.1. The third kappa shape index (κ3) is 2.76. The highest BCUT2D eigenvalue weighted by atomic mass is 32.2. The van der Waals surface area contributed by atoms with Crippen LogP contribution in [0.25, 0.3) is 0 Å². The van der Waals surface area contributed by atoms with Gasteiger partial charge in [-0.05, 0) is 25.1 Å². The van der Waals surface area contributed by atoms with Crippen LogP contribution >= 0.6 is 12.2 Å². The molecule has 62 valence electrons. The lowest BCUT2D eigenvalue weighted by molar-refractivity contribution is 0.328. The maximum atomic E-state index is 10.2. The van der Waals surface area contributed by atoms with Gasteiger partial charge in [0.2, 0.25) is 11.3 Å². The zero-order chi connectivity index (χ0) is 8.27. The molecule has 1 fully saturated rings.